The van der Waals surface area contributed by atoms with Crippen LogP contribution in [0.1, 0.15) is 5.56 Å². The van der Waals surface area contributed by atoms with Gasteiger partial charge >= 0.3 is 0 Å². The Morgan fingerprint density at radius 3 is 2.56 bits per heavy atom. The lowest BCUT2D eigenvalue weighted by atomic mass is 10.1. The third-order valence-electron chi connectivity index (χ3n) is 4.96. The van der Waals surface area contributed by atoms with Crippen molar-refractivity contribution in [2.24, 2.45) is 0 Å². The summed E-state index contributed by atoms with van der Waals surface area (Å²) in [7, 11) is 1.70. The number of amides is 1. The van der Waals surface area contributed by atoms with Crippen LogP contribution in [-0.2, 0) is 11.2 Å². The molecule has 0 spiro atoms. The van der Waals surface area contributed by atoms with E-state index in [0.717, 1.165) is 49.1 Å². The molecule has 1 heterocycles. The molecule has 0 unspecified atom stereocenters. The molecule has 1 amide bonds. The number of rotatable bonds is 7. The number of hydrogen-bond donors (Lipinski definition) is 2. The third-order valence-corrected chi connectivity index (χ3v) is 5.21. The molecular weight excluding hydrogens is 362 g/mol. The van der Waals surface area contributed by atoms with Crippen molar-refractivity contribution in [3.8, 4) is 5.75 Å². The summed E-state index contributed by atoms with van der Waals surface area (Å²) in [5.41, 5.74) is 2.31. The van der Waals surface area contributed by atoms with E-state index >= 15 is 0 Å². The number of anilines is 1. The van der Waals surface area contributed by atoms with Gasteiger partial charge in [0.1, 0.15) is 5.75 Å². The molecule has 2 N–H and O–H groups in total. The highest BCUT2D eigenvalue weighted by Crippen LogP contribution is 2.27. The van der Waals surface area contributed by atoms with Gasteiger partial charge in [-0.05, 0) is 36.2 Å². The predicted molar refractivity (Wildman–Crippen MR) is 109 cm³/mol. The molecule has 27 heavy (non-hydrogen) atoms. The highest BCUT2D eigenvalue weighted by atomic mass is 35.5. The Hall–Kier alpha value is -2.24. The average Bonchev–Trinajstić information content (AvgIpc) is 2.70. The SMILES string of the molecule is COc1ccccc1N1CC[NH+](CC(=O)NCCc2ccc(Cl)cc2)CC1. The smallest absolute Gasteiger partial charge is 0.275 e. The fraction of sp³-hybridized carbons (Fsp3) is 0.381. The first-order chi connectivity index (χ1) is 13.2. The van der Waals surface area contributed by atoms with Crippen LogP contribution < -0.4 is 19.9 Å². The molecule has 144 valence electrons. The van der Waals surface area contributed by atoms with E-state index in [2.05, 4.69) is 16.3 Å². The number of benzene rings is 2. The highest BCUT2D eigenvalue weighted by Gasteiger charge is 2.23. The fourth-order valence-electron chi connectivity index (χ4n) is 3.42. The molecular formula is C21H27ClN3O2+. The second kappa shape index (κ2) is 9.62. The fourth-order valence-corrected chi connectivity index (χ4v) is 3.54. The van der Waals surface area contributed by atoms with Crippen LogP contribution in [0.2, 0.25) is 5.02 Å². The van der Waals surface area contributed by atoms with Gasteiger partial charge in [0.15, 0.2) is 6.54 Å². The van der Waals surface area contributed by atoms with E-state index < -0.39 is 0 Å². The zero-order chi connectivity index (χ0) is 19.1. The lowest BCUT2D eigenvalue weighted by molar-refractivity contribution is -0.892. The number of halogens is 1. The minimum absolute atomic E-state index is 0.115. The maximum atomic E-state index is 12.2. The summed E-state index contributed by atoms with van der Waals surface area (Å²) in [4.78, 5) is 15.9. The Kier molecular flexibility index (Phi) is 6.96. The number of para-hydroxylation sites is 2. The molecule has 0 bridgehead atoms. The highest BCUT2D eigenvalue weighted by molar-refractivity contribution is 6.30. The molecule has 0 saturated carbocycles. The van der Waals surface area contributed by atoms with Crippen LogP contribution in [-0.4, -0.2) is 52.3 Å². The Morgan fingerprint density at radius 2 is 1.85 bits per heavy atom. The number of nitrogens with zero attached hydrogens (tertiary/aromatic N) is 1. The van der Waals surface area contributed by atoms with E-state index in [0.29, 0.717) is 13.1 Å². The summed E-state index contributed by atoms with van der Waals surface area (Å²) >= 11 is 5.89. The number of ether oxygens (including phenoxy) is 1. The topological polar surface area (TPSA) is 46.0 Å². The summed E-state index contributed by atoms with van der Waals surface area (Å²) in [6.07, 6.45) is 0.819. The second-order valence-corrected chi connectivity index (χ2v) is 7.25. The van der Waals surface area contributed by atoms with Crippen LogP contribution in [0, 0.1) is 0 Å². The van der Waals surface area contributed by atoms with Gasteiger partial charge in [0.05, 0.1) is 39.0 Å². The molecule has 0 aromatic heterocycles. The maximum Gasteiger partial charge on any atom is 0.275 e. The minimum atomic E-state index is 0.115. The van der Waals surface area contributed by atoms with E-state index in [1.807, 2.05) is 42.5 Å². The summed E-state index contributed by atoms with van der Waals surface area (Å²) in [5.74, 6) is 1.02. The van der Waals surface area contributed by atoms with Crippen molar-refractivity contribution >= 4 is 23.2 Å². The van der Waals surface area contributed by atoms with Gasteiger partial charge in [0.2, 0.25) is 0 Å². The first kappa shape index (κ1) is 19.5. The van der Waals surface area contributed by atoms with Gasteiger partial charge in [-0.3, -0.25) is 4.79 Å². The predicted octanol–water partition coefficient (Wildman–Crippen LogP) is 1.41. The first-order valence-corrected chi connectivity index (χ1v) is 9.76. The molecule has 2 aromatic carbocycles. The molecule has 1 fully saturated rings. The molecule has 6 heteroatoms. The van der Waals surface area contributed by atoms with Crippen molar-refractivity contribution in [2.45, 2.75) is 6.42 Å². The number of methoxy groups -OCH3 is 1. The lowest BCUT2D eigenvalue weighted by Gasteiger charge is -2.34. The number of quaternary nitrogens is 1. The molecule has 1 aliphatic rings. The zero-order valence-electron chi connectivity index (χ0n) is 15.7. The van der Waals surface area contributed by atoms with Crippen molar-refractivity contribution in [3.63, 3.8) is 0 Å². The van der Waals surface area contributed by atoms with Crippen LogP contribution in [0.4, 0.5) is 5.69 Å². The molecule has 0 atom stereocenters. The maximum absolute atomic E-state index is 12.2. The zero-order valence-corrected chi connectivity index (χ0v) is 16.5. The minimum Gasteiger partial charge on any atom is -0.495 e. The van der Waals surface area contributed by atoms with E-state index in [4.69, 9.17) is 16.3 Å². The van der Waals surface area contributed by atoms with E-state index in [-0.39, 0.29) is 5.91 Å². The quantitative estimate of drug-likeness (QED) is 0.754. The summed E-state index contributed by atoms with van der Waals surface area (Å²) in [6.45, 7) is 4.92. The molecule has 1 saturated heterocycles. The van der Waals surface area contributed by atoms with Crippen LogP contribution in [0.5, 0.6) is 5.75 Å². The molecule has 0 radical (unpaired) electrons. The number of carbonyl (C=O) groups is 1. The first-order valence-electron chi connectivity index (χ1n) is 9.38. The van der Waals surface area contributed by atoms with Crippen molar-refractivity contribution in [3.05, 3.63) is 59.1 Å². The number of nitrogens with one attached hydrogen (secondary N) is 2. The van der Waals surface area contributed by atoms with Gasteiger partial charge in [-0.1, -0.05) is 35.9 Å². The monoisotopic (exact) mass is 388 g/mol. The normalized spacial score (nSPS) is 14.8. The van der Waals surface area contributed by atoms with Crippen LogP contribution in [0.3, 0.4) is 0 Å². The summed E-state index contributed by atoms with van der Waals surface area (Å²) < 4.78 is 5.46. The summed E-state index contributed by atoms with van der Waals surface area (Å²) in [6, 6.07) is 15.8. The second-order valence-electron chi connectivity index (χ2n) is 6.81. The standard InChI is InChI=1S/C21H26ClN3O2/c1-27-20-5-3-2-4-19(20)25-14-12-24(13-15-25)16-21(26)23-11-10-17-6-8-18(22)9-7-17/h2-9H,10-16H2,1H3,(H,23,26)/p+1. The van der Waals surface area contributed by atoms with Crippen molar-refractivity contribution in [2.75, 3.05) is 51.3 Å². The summed E-state index contributed by atoms with van der Waals surface area (Å²) in [5, 5.41) is 3.76. The Morgan fingerprint density at radius 1 is 1.15 bits per heavy atom. The molecule has 1 aliphatic heterocycles. The van der Waals surface area contributed by atoms with Crippen LogP contribution in [0.25, 0.3) is 0 Å². The van der Waals surface area contributed by atoms with Crippen LogP contribution in [0.15, 0.2) is 48.5 Å². The van der Waals surface area contributed by atoms with E-state index in [1.165, 1.54) is 10.5 Å². The van der Waals surface area contributed by atoms with Gasteiger partial charge < -0.3 is 19.9 Å². The van der Waals surface area contributed by atoms with E-state index in [1.54, 1.807) is 7.11 Å². The van der Waals surface area contributed by atoms with E-state index in [9.17, 15) is 4.79 Å². The Bertz CT molecular complexity index is 743. The van der Waals surface area contributed by atoms with Crippen LogP contribution >= 0.6 is 11.6 Å². The molecule has 5 nitrogen and oxygen atoms in total. The number of piperazine rings is 1. The van der Waals surface area contributed by atoms with Gasteiger partial charge in [0, 0.05) is 11.6 Å². The Labute approximate surface area is 165 Å². The number of carbonyl (C=O) groups excluding carboxylic acids is 1. The van der Waals surface area contributed by atoms with Crippen molar-refractivity contribution in [1.29, 1.82) is 0 Å². The van der Waals surface area contributed by atoms with Gasteiger partial charge in [-0.15, -0.1) is 0 Å². The van der Waals surface area contributed by atoms with Gasteiger partial charge in [0.25, 0.3) is 5.91 Å². The molecule has 3 rings (SSSR count). The number of hydrogen-bond acceptors (Lipinski definition) is 3. The average molecular weight is 389 g/mol. The molecule has 0 aliphatic carbocycles. The largest absolute Gasteiger partial charge is 0.495 e. The van der Waals surface area contributed by atoms with Gasteiger partial charge in [-0.25, -0.2) is 0 Å². The third kappa shape index (κ3) is 5.62. The van der Waals surface area contributed by atoms with Gasteiger partial charge in [-0.2, -0.15) is 0 Å². The Balaban J connectivity index is 1.39. The molecule has 2 aromatic rings. The van der Waals surface area contributed by atoms with Crippen molar-refractivity contribution in [1.82, 2.24) is 5.32 Å². The lowest BCUT2D eigenvalue weighted by Crippen LogP contribution is -3.16. The van der Waals surface area contributed by atoms with Crippen molar-refractivity contribution < 1.29 is 14.4 Å².